The van der Waals surface area contributed by atoms with Gasteiger partial charge in [-0.1, -0.05) is 61.6 Å². The highest BCUT2D eigenvalue weighted by Crippen LogP contribution is 2.25. The largest absolute Gasteiger partial charge is 0.390 e. The Balaban J connectivity index is 1.64. The number of halogens is 1. The molecule has 8 heteroatoms. The Morgan fingerprint density at radius 3 is 2.50 bits per heavy atom. The van der Waals surface area contributed by atoms with Crippen LogP contribution in [0.15, 0.2) is 60.9 Å². The molecule has 4 aromatic rings. The van der Waals surface area contributed by atoms with Gasteiger partial charge < -0.3 is 19.0 Å². The highest BCUT2D eigenvalue weighted by Gasteiger charge is 2.22. The lowest BCUT2D eigenvalue weighted by atomic mass is 10.1. The molecule has 0 atom stereocenters. The molecule has 0 bridgehead atoms. The molecule has 0 saturated heterocycles. The van der Waals surface area contributed by atoms with E-state index in [1.807, 2.05) is 54.7 Å². The van der Waals surface area contributed by atoms with Crippen molar-refractivity contribution >= 4 is 36.4 Å². The predicted molar refractivity (Wildman–Crippen MR) is 138 cm³/mol. The van der Waals surface area contributed by atoms with E-state index in [1.54, 1.807) is 10.8 Å². The highest BCUT2D eigenvalue weighted by molar-refractivity contribution is 6.76. The molecule has 6 nitrogen and oxygen atoms in total. The first-order valence-corrected chi connectivity index (χ1v) is 15.5. The van der Waals surface area contributed by atoms with E-state index in [1.165, 1.54) is 0 Å². The second-order valence-corrected chi connectivity index (χ2v) is 15.7. The zero-order valence-electron chi connectivity index (χ0n) is 19.8. The number of aliphatic hydroxyl groups is 1. The van der Waals surface area contributed by atoms with Crippen LogP contribution in [0.2, 0.25) is 30.7 Å². The first-order valence-electron chi connectivity index (χ1n) is 11.4. The summed E-state index contributed by atoms with van der Waals surface area (Å²) in [6, 6.07) is 16.6. The topological polar surface area (TPSA) is 69.3 Å². The number of para-hydroxylation sites is 1. The van der Waals surface area contributed by atoms with Crippen LogP contribution in [-0.4, -0.2) is 39.7 Å². The molecule has 0 aliphatic carbocycles. The van der Waals surface area contributed by atoms with Crippen LogP contribution < -0.4 is 0 Å². The molecule has 1 N–H and O–H groups in total. The Hall–Kier alpha value is -2.71. The Kier molecular flexibility index (Phi) is 7.38. The van der Waals surface area contributed by atoms with E-state index in [9.17, 15) is 9.90 Å². The lowest BCUT2D eigenvalue weighted by Gasteiger charge is -2.15. The third kappa shape index (κ3) is 5.67. The monoisotopic (exact) mass is 495 g/mol. The van der Waals surface area contributed by atoms with Crippen molar-refractivity contribution in [3.8, 4) is 0 Å². The third-order valence-corrected chi connectivity index (χ3v) is 7.67. The van der Waals surface area contributed by atoms with Crippen LogP contribution in [0, 0.1) is 0 Å². The fraction of sp³-hybridized carbons (Fsp3) is 0.308. The van der Waals surface area contributed by atoms with Crippen molar-refractivity contribution in [2.75, 3.05) is 6.61 Å². The molecule has 0 aliphatic rings. The fourth-order valence-electron chi connectivity index (χ4n) is 3.83. The molecular weight excluding hydrogens is 466 g/mol. The van der Waals surface area contributed by atoms with Crippen molar-refractivity contribution in [3.05, 3.63) is 88.6 Å². The van der Waals surface area contributed by atoms with Crippen molar-refractivity contribution in [3.63, 3.8) is 0 Å². The number of nitrogens with zero attached hydrogens (tertiary/aromatic N) is 3. The van der Waals surface area contributed by atoms with Gasteiger partial charge in [0.15, 0.2) is 5.82 Å². The van der Waals surface area contributed by atoms with E-state index in [0.29, 0.717) is 29.4 Å². The number of rotatable bonds is 10. The summed E-state index contributed by atoms with van der Waals surface area (Å²) in [6.07, 6.45) is 3.57. The summed E-state index contributed by atoms with van der Waals surface area (Å²) in [6.45, 7) is 8.13. The van der Waals surface area contributed by atoms with Gasteiger partial charge in [-0.2, -0.15) is 0 Å². The summed E-state index contributed by atoms with van der Waals surface area (Å²) >= 11 is 6.03. The molecule has 4 rings (SSSR count). The lowest BCUT2D eigenvalue weighted by molar-refractivity contribution is 0.0812. The van der Waals surface area contributed by atoms with Crippen LogP contribution in [0.1, 0.15) is 27.4 Å². The Morgan fingerprint density at radius 2 is 1.79 bits per heavy atom. The van der Waals surface area contributed by atoms with Crippen molar-refractivity contribution < 1.29 is 14.6 Å². The van der Waals surface area contributed by atoms with Gasteiger partial charge in [0.25, 0.3) is 0 Å². The van der Waals surface area contributed by atoms with Crippen LogP contribution in [0.5, 0.6) is 0 Å². The summed E-state index contributed by atoms with van der Waals surface area (Å²) in [7, 11) is -1.22. The second-order valence-electron chi connectivity index (χ2n) is 9.68. The van der Waals surface area contributed by atoms with Gasteiger partial charge in [0, 0.05) is 49.5 Å². The van der Waals surface area contributed by atoms with Gasteiger partial charge >= 0.3 is 0 Å². The minimum atomic E-state index is -1.22. The summed E-state index contributed by atoms with van der Waals surface area (Å²) < 4.78 is 9.63. The van der Waals surface area contributed by atoms with Crippen LogP contribution in [-0.2, 0) is 24.6 Å². The van der Waals surface area contributed by atoms with E-state index < -0.39 is 8.07 Å². The quantitative estimate of drug-likeness (QED) is 0.177. The average molecular weight is 496 g/mol. The van der Waals surface area contributed by atoms with E-state index in [0.717, 1.165) is 22.5 Å². The molecule has 34 heavy (non-hydrogen) atoms. The summed E-state index contributed by atoms with van der Waals surface area (Å²) in [5.74, 6) is 0.0750. The number of carbonyl (C=O) groups is 1. The molecule has 2 aromatic heterocycles. The molecule has 0 spiro atoms. The van der Waals surface area contributed by atoms with E-state index in [-0.39, 0.29) is 24.9 Å². The molecule has 0 radical (unpaired) electrons. The summed E-state index contributed by atoms with van der Waals surface area (Å²) in [5, 5.41) is 11.2. The van der Waals surface area contributed by atoms with E-state index >= 15 is 0 Å². The van der Waals surface area contributed by atoms with Gasteiger partial charge in [0.1, 0.15) is 6.73 Å². The maximum absolute atomic E-state index is 13.7. The SMILES string of the molecule is C[Si](C)(C)CCOCn1cc(CO)nc1C(=O)c1cn(Cc2ccc(Cl)cc2)c2ccccc12. The molecule has 0 fully saturated rings. The molecule has 0 unspecified atom stereocenters. The second kappa shape index (κ2) is 10.3. The third-order valence-electron chi connectivity index (χ3n) is 5.72. The number of aliphatic hydroxyl groups excluding tert-OH is 1. The molecule has 2 aromatic carbocycles. The number of carbonyl (C=O) groups excluding carboxylic acids is 1. The minimum Gasteiger partial charge on any atom is -0.390 e. The molecule has 2 heterocycles. The number of hydrogen-bond donors (Lipinski definition) is 1. The Morgan fingerprint density at radius 1 is 1.06 bits per heavy atom. The first kappa shape index (κ1) is 24.4. The molecular formula is C26H30ClN3O3Si. The predicted octanol–water partition coefficient (Wildman–Crippen LogP) is 5.58. The summed E-state index contributed by atoms with van der Waals surface area (Å²) in [4.78, 5) is 18.1. The number of fused-ring (bicyclic) bond motifs is 1. The number of ether oxygens (including phenoxy) is 1. The van der Waals surface area contributed by atoms with Gasteiger partial charge in [-0.3, -0.25) is 4.79 Å². The minimum absolute atomic E-state index is 0.195. The van der Waals surface area contributed by atoms with Crippen LogP contribution in [0.3, 0.4) is 0 Å². The number of benzene rings is 2. The van der Waals surface area contributed by atoms with Crippen LogP contribution >= 0.6 is 11.6 Å². The molecule has 178 valence electrons. The molecule has 0 amide bonds. The Bertz CT molecular complexity index is 1290. The number of imidazole rings is 1. The van der Waals surface area contributed by atoms with Gasteiger partial charge in [-0.15, -0.1) is 0 Å². The molecule has 0 saturated carbocycles. The molecule has 0 aliphatic heterocycles. The van der Waals surface area contributed by atoms with Gasteiger partial charge in [0.05, 0.1) is 17.9 Å². The maximum atomic E-state index is 13.7. The van der Waals surface area contributed by atoms with Gasteiger partial charge in [0.2, 0.25) is 5.78 Å². The van der Waals surface area contributed by atoms with Crippen molar-refractivity contribution in [1.82, 2.24) is 14.1 Å². The smallest absolute Gasteiger partial charge is 0.230 e. The number of hydrogen-bond acceptors (Lipinski definition) is 4. The van der Waals surface area contributed by atoms with E-state index in [4.69, 9.17) is 16.3 Å². The fourth-order valence-corrected chi connectivity index (χ4v) is 4.72. The van der Waals surface area contributed by atoms with Crippen LogP contribution in [0.4, 0.5) is 0 Å². The zero-order chi connectivity index (χ0) is 24.3. The van der Waals surface area contributed by atoms with Crippen molar-refractivity contribution in [2.24, 2.45) is 0 Å². The normalized spacial score (nSPS) is 11.9. The van der Waals surface area contributed by atoms with Crippen LogP contribution in [0.25, 0.3) is 10.9 Å². The first-order chi connectivity index (χ1) is 16.2. The van der Waals surface area contributed by atoms with Crippen molar-refractivity contribution in [1.29, 1.82) is 0 Å². The average Bonchev–Trinajstić information content (AvgIpc) is 3.39. The standard InChI is InChI=1S/C26H30ClN3O3Si/c1-34(2,3)13-12-33-18-30-15-21(17-31)28-26(30)25(32)23-16-29(24-7-5-4-6-22(23)24)14-19-8-10-20(27)11-9-19/h4-11,15-16,31H,12-14,17-18H2,1-3H3. The highest BCUT2D eigenvalue weighted by atomic mass is 35.5. The lowest BCUT2D eigenvalue weighted by Crippen LogP contribution is -2.22. The Labute approximate surface area is 205 Å². The van der Waals surface area contributed by atoms with E-state index in [2.05, 4.69) is 29.2 Å². The number of ketones is 1. The maximum Gasteiger partial charge on any atom is 0.230 e. The van der Waals surface area contributed by atoms with Gasteiger partial charge in [-0.25, -0.2) is 4.98 Å². The zero-order valence-corrected chi connectivity index (χ0v) is 21.5. The van der Waals surface area contributed by atoms with Crippen molar-refractivity contribution in [2.45, 2.75) is 45.6 Å². The van der Waals surface area contributed by atoms with Gasteiger partial charge in [-0.05, 0) is 29.8 Å². The summed E-state index contributed by atoms with van der Waals surface area (Å²) in [5.41, 5.74) is 3.07. The number of aromatic nitrogens is 3.